The van der Waals surface area contributed by atoms with E-state index in [-0.39, 0.29) is 41.8 Å². The van der Waals surface area contributed by atoms with Gasteiger partial charge in [-0.2, -0.15) is 0 Å². The summed E-state index contributed by atoms with van der Waals surface area (Å²) in [5.41, 5.74) is 2.60. The zero-order chi connectivity index (χ0) is 29.1. The lowest BCUT2D eigenvalue weighted by atomic mass is 9.96. The summed E-state index contributed by atoms with van der Waals surface area (Å²) in [6, 6.07) is 23.7. The summed E-state index contributed by atoms with van der Waals surface area (Å²) in [7, 11) is 0. The summed E-state index contributed by atoms with van der Waals surface area (Å²) in [4.78, 5) is 24.4. The molecule has 2 atom stereocenters. The van der Waals surface area contributed by atoms with Crippen LogP contribution in [0.2, 0.25) is 0 Å². The van der Waals surface area contributed by atoms with Crippen molar-refractivity contribution in [3.63, 3.8) is 0 Å². The average molecular weight is 619 g/mol. The summed E-state index contributed by atoms with van der Waals surface area (Å²) in [6.07, 6.45) is -0.159. The molecule has 0 spiro atoms. The molecule has 6 rings (SSSR count). The summed E-state index contributed by atoms with van der Waals surface area (Å²) in [5, 5.41) is 9.37. The normalized spacial score (nSPS) is 17.4. The minimum absolute atomic E-state index is 0.0277. The standard InChI is InChI=1S/C18H17BrO3.C15H11FO3/c1-11(2)21-14-5-3-4-12(8-14)18-10-16(20)15-9-13(19)6-7-17(15)22-18;16-10-3-1-2-9(6-10)15-8-13(18)12-7-11(17)4-5-14(12)19-15/h3-9,11,18H,10H2,1-2H3;1-7,15,17H,8H2. The van der Waals surface area contributed by atoms with Crippen LogP contribution in [0.25, 0.3) is 0 Å². The van der Waals surface area contributed by atoms with Crippen LogP contribution in [0.1, 0.15) is 70.7 Å². The van der Waals surface area contributed by atoms with E-state index in [1.807, 2.05) is 56.3 Å². The van der Waals surface area contributed by atoms with Gasteiger partial charge in [-0.1, -0.05) is 40.2 Å². The zero-order valence-corrected chi connectivity index (χ0v) is 24.1. The highest BCUT2D eigenvalue weighted by Crippen LogP contribution is 2.38. The highest BCUT2D eigenvalue weighted by molar-refractivity contribution is 9.10. The number of hydrogen-bond donors (Lipinski definition) is 1. The number of carbonyl (C=O) groups excluding carboxylic acids is 2. The molecular formula is C33H28BrFO6. The van der Waals surface area contributed by atoms with Crippen molar-refractivity contribution >= 4 is 27.5 Å². The lowest BCUT2D eigenvalue weighted by Crippen LogP contribution is -2.20. The minimum atomic E-state index is -0.486. The van der Waals surface area contributed by atoms with Crippen LogP contribution in [0.3, 0.4) is 0 Å². The molecule has 41 heavy (non-hydrogen) atoms. The van der Waals surface area contributed by atoms with Gasteiger partial charge in [0.2, 0.25) is 0 Å². The van der Waals surface area contributed by atoms with Crippen LogP contribution in [0.5, 0.6) is 23.0 Å². The number of phenols is 1. The highest BCUT2D eigenvalue weighted by Gasteiger charge is 2.29. The van der Waals surface area contributed by atoms with Gasteiger partial charge in [0.15, 0.2) is 11.6 Å². The van der Waals surface area contributed by atoms with Gasteiger partial charge in [-0.05, 0) is 85.6 Å². The molecule has 0 aliphatic carbocycles. The molecule has 210 valence electrons. The fourth-order valence-electron chi connectivity index (χ4n) is 4.75. The van der Waals surface area contributed by atoms with Crippen molar-refractivity contribution in [2.45, 2.75) is 45.0 Å². The van der Waals surface area contributed by atoms with Crippen molar-refractivity contribution in [2.75, 3.05) is 0 Å². The molecule has 4 aromatic carbocycles. The predicted octanol–water partition coefficient (Wildman–Crippen LogP) is 8.18. The molecule has 1 N–H and O–H groups in total. The number of benzene rings is 4. The van der Waals surface area contributed by atoms with Gasteiger partial charge in [-0.15, -0.1) is 0 Å². The van der Waals surface area contributed by atoms with E-state index in [9.17, 15) is 19.1 Å². The quantitative estimate of drug-likeness (QED) is 0.248. The molecule has 0 saturated heterocycles. The first kappa shape index (κ1) is 28.4. The second-order valence-corrected chi connectivity index (χ2v) is 11.0. The summed E-state index contributed by atoms with van der Waals surface area (Å²) in [5.74, 6) is 1.51. The number of halogens is 2. The fraction of sp³-hybridized carbons (Fsp3) is 0.212. The smallest absolute Gasteiger partial charge is 0.170 e. The molecule has 2 aliphatic heterocycles. The zero-order valence-electron chi connectivity index (χ0n) is 22.5. The van der Waals surface area contributed by atoms with E-state index in [1.54, 1.807) is 18.2 Å². The largest absolute Gasteiger partial charge is 0.508 e. The Hall–Kier alpha value is -4.17. The lowest BCUT2D eigenvalue weighted by molar-refractivity contribution is 0.0840. The van der Waals surface area contributed by atoms with Crippen LogP contribution in [0.4, 0.5) is 4.39 Å². The van der Waals surface area contributed by atoms with Crippen LogP contribution in [0.15, 0.2) is 89.4 Å². The molecule has 4 aromatic rings. The maximum absolute atomic E-state index is 13.2. The number of hydrogen-bond acceptors (Lipinski definition) is 6. The summed E-state index contributed by atoms with van der Waals surface area (Å²) in [6.45, 7) is 3.98. The van der Waals surface area contributed by atoms with Crippen molar-refractivity contribution in [2.24, 2.45) is 0 Å². The molecule has 0 radical (unpaired) electrons. The van der Waals surface area contributed by atoms with Crippen molar-refractivity contribution in [1.29, 1.82) is 0 Å². The van der Waals surface area contributed by atoms with E-state index in [0.29, 0.717) is 34.6 Å². The van der Waals surface area contributed by atoms with Gasteiger partial charge >= 0.3 is 0 Å². The van der Waals surface area contributed by atoms with Crippen molar-refractivity contribution in [3.8, 4) is 23.0 Å². The number of ether oxygens (including phenoxy) is 3. The van der Waals surface area contributed by atoms with Crippen LogP contribution >= 0.6 is 15.9 Å². The van der Waals surface area contributed by atoms with E-state index in [0.717, 1.165) is 15.8 Å². The lowest BCUT2D eigenvalue weighted by Gasteiger charge is -2.26. The molecule has 8 heteroatoms. The maximum Gasteiger partial charge on any atom is 0.170 e. The van der Waals surface area contributed by atoms with Crippen molar-refractivity contribution in [3.05, 3.63) is 117 Å². The topological polar surface area (TPSA) is 82.1 Å². The molecular weight excluding hydrogens is 591 g/mol. The monoisotopic (exact) mass is 618 g/mol. The number of Topliss-reactive ketones (excluding diaryl/α,β-unsaturated/α-hetero) is 2. The van der Waals surface area contributed by atoms with Crippen LogP contribution in [-0.2, 0) is 0 Å². The molecule has 0 fully saturated rings. The fourth-order valence-corrected chi connectivity index (χ4v) is 5.11. The Morgan fingerprint density at radius 2 is 1.39 bits per heavy atom. The van der Waals surface area contributed by atoms with Crippen LogP contribution in [-0.4, -0.2) is 22.8 Å². The summed E-state index contributed by atoms with van der Waals surface area (Å²) >= 11 is 3.39. The van der Waals surface area contributed by atoms with E-state index in [4.69, 9.17) is 14.2 Å². The highest BCUT2D eigenvalue weighted by atomic mass is 79.9. The van der Waals surface area contributed by atoms with E-state index in [2.05, 4.69) is 15.9 Å². The molecule has 0 amide bonds. The minimum Gasteiger partial charge on any atom is -0.508 e. The average Bonchev–Trinajstić information content (AvgIpc) is 2.94. The Morgan fingerprint density at radius 3 is 2.02 bits per heavy atom. The molecule has 2 heterocycles. The van der Waals surface area contributed by atoms with Crippen LogP contribution < -0.4 is 14.2 Å². The molecule has 0 aromatic heterocycles. The Kier molecular flexibility index (Phi) is 8.40. The maximum atomic E-state index is 13.2. The second kappa shape index (κ2) is 12.1. The van der Waals surface area contributed by atoms with Crippen molar-refractivity contribution in [1.82, 2.24) is 0 Å². The molecule has 2 unspecified atom stereocenters. The van der Waals surface area contributed by atoms with Crippen molar-refractivity contribution < 1.29 is 33.3 Å². The first-order valence-electron chi connectivity index (χ1n) is 13.2. The predicted molar refractivity (Wildman–Crippen MR) is 155 cm³/mol. The van der Waals surface area contributed by atoms with Crippen LogP contribution in [0, 0.1) is 5.82 Å². The molecule has 2 aliphatic rings. The van der Waals surface area contributed by atoms with Gasteiger partial charge in [0.05, 0.1) is 30.1 Å². The van der Waals surface area contributed by atoms with Gasteiger partial charge < -0.3 is 19.3 Å². The number of ketones is 2. The third-order valence-corrected chi connectivity index (χ3v) is 7.10. The van der Waals surface area contributed by atoms with Gasteiger partial charge in [0, 0.05) is 4.47 Å². The van der Waals surface area contributed by atoms with E-state index in [1.165, 1.54) is 24.3 Å². The van der Waals surface area contributed by atoms with Gasteiger partial charge in [-0.25, -0.2) is 4.39 Å². The van der Waals surface area contributed by atoms with Gasteiger partial charge in [-0.3, -0.25) is 9.59 Å². The van der Waals surface area contributed by atoms with E-state index >= 15 is 0 Å². The number of carbonyl (C=O) groups is 2. The number of phenolic OH excluding ortho intramolecular Hbond substituents is 1. The van der Waals surface area contributed by atoms with E-state index < -0.39 is 6.10 Å². The number of rotatable bonds is 4. The third-order valence-electron chi connectivity index (χ3n) is 6.61. The number of fused-ring (bicyclic) bond motifs is 2. The molecule has 0 bridgehead atoms. The first-order valence-corrected chi connectivity index (χ1v) is 14.0. The van der Waals surface area contributed by atoms with Gasteiger partial charge in [0.25, 0.3) is 0 Å². The number of aromatic hydroxyl groups is 1. The second-order valence-electron chi connectivity index (χ2n) is 10.1. The Bertz CT molecular complexity index is 1600. The third kappa shape index (κ3) is 6.77. The first-order chi connectivity index (χ1) is 19.7. The Labute approximate surface area is 245 Å². The molecule has 6 nitrogen and oxygen atoms in total. The Balaban J connectivity index is 0.000000166. The van der Waals surface area contributed by atoms with Gasteiger partial charge in [0.1, 0.15) is 41.0 Å². The summed E-state index contributed by atoms with van der Waals surface area (Å²) < 4.78 is 31.5. The SMILES string of the molecule is CC(C)Oc1cccc(C2CC(=O)c3cc(Br)ccc3O2)c1.O=C1CC(c2cccc(F)c2)Oc2ccc(O)cc21. The Morgan fingerprint density at radius 1 is 0.805 bits per heavy atom. The molecule has 0 saturated carbocycles.